The number of rotatable bonds is 1. The maximum Gasteiger partial charge on any atom is 0.137 e. The third kappa shape index (κ3) is 1.11. The van der Waals surface area contributed by atoms with Crippen LogP contribution in [0.1, 0.15) is 10.4 Å². The highest BCUT2D eigenvalue weighted by molar-refractivity contribution is 7.11. The van der Waals surface area contributed by atoms with Gasteiger partial charge in [-0.25, -0.2) is 0 Å². The second-order valence-electron chi connectivity index (χ2n) is 2.42. The predicted molar refractivity (Wildman–Crippen MR) is 51.9 cm³/mol. The smallest absolute Gasteiger partial charge is 0.137 e. The van der Waals surface area contributed by atoms with E-state index in [1.165, 1.54) is 10.4 Å². The van der Waals surface area contributed by atoms with Crippen molar-refractivity contribution in [2.24, 2.45) is 0 Å². The summed E-state index contributed by atoms with van der Waals surface area (Å²) in [5.74, 6) is 0.918. The number of fused-ring (bicyclic) bond motifs is 1. The van der Waals surface area contributed by atoms with Gasteiger partial charge in [-0.1, -0.05) is 0 Å². The van der Waals surface area contributed by atoms with Crippen LogP contribution in [0.15, 0.2) is 29.3 Å². The number of methoxy groups -OCH3 is 1. The first-order valence-corrected chi connectivity index (χ1v) is 4.54. The largest absolute Gasteiger partial charge is 0.495 e. The van der Waals surface area contributed by atoms with Crippen molar-refractivity contribution in [3.63, 3.8) is 0 Å². The zero-order valence-electron chi connectivity index (χ0n) is 6.70. The lowest BCUT2D eigenvalue weighted by molar-refractivity contribution is 0.371. The second-order valence-corrected chi connectivity index (χ2v) is 3.33. The lowest BCUT2D eigenvalue weighted by Gasteiger charge is -2.01. The molecule has 0 atom stereocenters. The summed E-state index contributed by atoms with van der Waals surface area (Å²) in [6.45, 7) is 0. The molecule has 0 aromatic carbocycles. The summed E-state index contributed by atoms with van der Waals surface area (Å²) in [5.41, 5.74) is 4.24. The van der Waals surface area contributed by atoms with Crippen molar-refractivity contribution in [1.29, 1.82) is 0 Å². The van der Waals surface area contributed by atoms with E-state index >= 15 is 0 Å². The van der Waals surface area contributed by atoms with Gasteiger partial charge in [0.25, 0.3) is 0 Å². The van der Waals surface area contributed by atoms with E-state index in [1.54, 1.807) is 18.4 Å². The van der Waals surface area contributed by atoms with Gasteiger partial charge in [0, 0.05) is 5.56 Å². The lowest BCUT2D eigenvalue weighted by Crippen LogP contribution is -1.83. The molecule has 1 aliphatic carbocycles. The molecular weight excluding hydrogens is 168 g/mol. The molecular formula is C10H8OS. The molecule has 0 bridgehead atoms. The Bertz CT molecular complexity index is 378. The van der Waals surface area contributed by atoms with E-state index in [1.807, 2.05) is 18.2 Å². The lowest BCUT2D eigenvalue weighted by atomic mass is 10.2. The number of thiophene rings is 1. The molecule has 0 aliphatic heterocycles. The minimum atomic E-state index is 0.918. The Balaban J connectivity index is 2.60. The number of hydrogen-bond acceptors (Lipinski definition) is 2. The fourth-order valence-corrected chi connectivity index (χ4v) is 2.01. The molecule has 0 fully saturated rings. The number of ether oxygens (including phenoxy) is 1. The molecule has 60 valence electrons. The van der Waals surface area contributed by atoms with E-state index in [0.717, 1.165) is 5.76 Å². The van der Waals surface area contributed by atoms with Crippen LogP contribution < -0.4 is 0 Å². The molecule has 0 saturated carbocycles. The highest BCUT2D eigenvalue weighted by Crippen LogP contribution is 2.28. The van der Waals surface area contributed by atoms with E-state index in [0.29, 0.717) is 0 Å². The molecule has 1 aromatic heterocycles. The Kier molecular flexibility index (Phi) is 1.86. The van der Waals surface area contributed by atoms with Gasteiger partial charge >= 0.3 is 0 Å². The zero-order valence-corrected chi connectivity index (χ0v) is 7.52. The molecule has 0 N–H and O–H groups in total. The molecule has 0 amide bonds. The van der Waals surface area contributed by atoms with Crippen molar-refractivity contribution < 1.29 is 4.74 Å². The minimum Gasteiger partial charge on any atom is -0.495 e. The molecule has 2 rings (SSSR count). The zero-order chi connectivity index (χ0) is 8.39. The van der Waals surface area contributed by atoms with Crippen LogP contribution in [0.5, 0.6) is 0 Å². The first-order chi connectivity index (χ1) is 5.92. The maximum atomic E-state index is 5.24. The molecule has 2 heteroatoms. The van der Waals surface area contributed by atoms with Crippen molar-refractivity contribution in [3.05, 3.63) is 39.8 Å². The summed E-state index contributed by atoms with van der Waals surface area (Å²) < 4.78 is 5.24. The van der Waals surface area contributed by atoms with Crippen molar-refractivity contribution >= 4 is 23.2 Å². The average molecular weight is 176 g/mol. The highest BCUT2D eigenvalue weighted by Gasteiger charge is 2.07. The third-order valence-electron chi connectivity index (χ3n) is 1.71. The topological polar surface area (TPSA) is 9.23 Å². The molecule has 1 aliphatic rings. The van der Waals surface area contributed by atoms with Crippen molar-refractivity contribution in [2.75, 3.05) is 7.11 Å². The third-order valence-corrected chi connectivity index (χ3v) is 2.65. The van der Waals surface area contributed by atoms with Crippen LogP contribution >= 0.6 is 11.3 Å². The van der Waals surface area contributed by atoms with Crippen LogP contribution in [-0.2, 0) is 4.74 Å². The Labute approximate surface area is 75.3 Å². The van der Waals surface area contributed by atoms with Gasteiger partial charge in [0.2, 0.25) is 0 Å². The van der Waals surface area contributed by atoms with E-state index in [-0.39, 0.29) is 0 Å². The van der Waals surface area contributed by atoms with Crippen LogP contribution in [0.2, 0.25) is 0 Å². The van der Waals surface area contributed by atoms with E-state index in [2.05, 4.69) is 17.2 Å². The molecule has 1 nitrogen and oxygen atoms in total. The quantitative estimate of drug-likeness (QED) is 0.598. The number of allylic oxidation sites excluding steroid dienone is 2. The SMILES string of the molecule is COC1=CC=C=Cc2ccsc21. The van der Waals surface area contributed by atoms with Crippen molar-refractivity contribution in [2.45, 2.75) is 0 Å². The number of hydrogen-bond donors (Lipinski definition) is 0. The molecule has 1 heterocycles. The van der Waals surface area contributed by atoms with E-state index < -0.39 is 0 Å². The molecule has 0 saturated heterocycles. The molecule has 12 heavy (non-hydrogen) atoms. The van der Waals surface area contributed by atoms with Gasteiger partial charge in [0.05, 0.1) is 12.0 Å². The second kappa shape index (κ2) is 3.02. The molecule has 0 spiro atoms. The van der Waals surface area contributed by atoms with Gasteiger partial charge in [-0.2, -0.15) is 0 Å². The maximum absolute atomic E-state index is 5.24. The van der Waals surface area contributed by atoms with Gasteiger partial charge in [0.1, 0.15) is 5.76 Å². The predicted octanol–water partition coefficient (Wildman–Crippen LogP) is 2.92. The van der Waals surface area contributed by atoms with Crippen LogP contribution in [0, 0.1) is 0 Å². The van der Waals surface area contributed by atoms with Gasteiger partial charge in [-0.3, -0.25) is 0 Å². The van der Waals surface area contributed by atoms with Gasteiger partial charge in [-0.15, -0.1) is 17.1 Å². The summed E-state index contributed by atoms with van der Waals surface area (Å²) >= 11 is 1.69. The highest BCUT2D eigenvalue weighted by atomic mass is 32.1. The Morgan fingerprint density at radius 1 is 1.50 bits per heavy atom. The molecule has 1 aromatic rings. The van der Waals surface area contributed by atoms with Gasteiger partial charge < -0.3 is 4.74 Å². The first kappa shape index (κ1) is 7.41. The fraction of sp³-hybridized carbons (Fsp3) is 0.100. The van der Waals surface area contributed by atoms with Crippen LogP contribution in [-0.4, -0.2) is 7.11 Å². The normalized spacial score (nSPS) is 13.6. The van der Waals surface area contributed by atoms with Crippen LogP contribution in [0.3, 0.4) is 0 Å². The van der Waals surface area contributed by atoms with Crippen molar-refractivity contribution in [3.8, 4) is 0 Å². The van der Waals surface area contributed by atoms with E-state index in [4.69, 9.17) is 4.74 Å². The Morgan fingerprint density at radius 2 is 2.42 bits per heavy atom. The summed E-state index contributed by atoms with van der Waals surface area (Å²) in [5, 5.41) is 2.06. The Hall–Kier alpha value is -1.24. The summed E-state index contributed by atoms with van der Waals surface area (Å²) in [6.07, 6.45) is 5.76. The molecule has 0 radical (unpaired) electrons. The van der Waals surface area contributed by atoms with Gasteiger partial charge in [0.15, 0.2) is 0 Å². The average Bonchev–Trinajstić information content (AvgIpc) is 2.46. The monoisotopic (exact) mass is 176 g/mol. The molecule has 0 unspecified atom stereocenters. The fourth-order valence-electron chi connectivity index (χ4n) is 1.13. The standard InChI is InChI=1S/C10H8OS/c1-11-9-5-3-2-4-8-6-7-12-10(8)9/h3-7H,1H3. The summed E-state index contributed by atoms with van der Waals surface area (Å²) in [6, 6.07) is 2.07. The van der Waals surface area contributed by atoms with Gasteiger partial charge in [-0.05, 0) is 29.7 Å². The van der Waals surface area contributed by atoms with Crippen LogP contribution in [0.25, 0.3) is 11.8 Å². The first-order valence-electron chi connectivity index (χ1n) is 3.66. The summed E-state index contributed by atoms with van der Waals surface area (Å²) in [4.78, 5) is 1.18. The Morgan fingerprint density at radius 3 is 3.25 bits per heavy atom. The minimum absolute atomic E-state index is 0.918. The summed E-state index contributed by atoms with van der Waals surface area (Å²) in [7, 11) is 1.69. The van der Waals surface area contributed by atoms with Crippen LogP contribution in [0.4, 0.5) is 0 Å². The van der Waals surface area contributed by atoms with Crippen molar-refractivity contribution in [1.82, 2.24) is 0 Å². The van der Waals surface area contributed by atoms with E-state index in [9.17, 15) is 0 Å².